The van der Waals surface area contributed by atoms with Crippen LogP contribution in [-0.4, -0.2) is 10.9 Å². The van der Waals surface area contributed by atoms with Gasteiger partial charge in [-0.1, -0.05) is 12.1 Å². The molecule has 0 aliphatic carbocycles. The fourth-order valence-electron chi connectivity index (χ4n) is 1.01. The van der Waals surface area contributed by atoms with Gasteiger partial charge in [-0.3, -0.25) is 4.79 Å². The Labute approximate surface area is 83.7 Å². The minimum atomic E-state index is -4.47. The van der Waals surface area contributed by atoms with Crippen molar-refractivity contribution in [2.24, 2.45) is 0 Å². The first-order valence-corrected chi connectivity index (χ1v) is 3.97. The van der Waals surface area contributed by atoms with Crippen LogP contribution in [0.3, 0.4) is 0 Å². The van der Waals surface area contributed by atoms with Crippen molar-refractivity contribution in [3.63, 3.8) is 0 Å². The van der Waals surface area contributed by atoms with Crippen LogP contribution in [0.15, 0.2) is 36.6 Å². The Morgan fingerprint density at radius 2 is 2.00 bits per heavy atom. The van der Waals surface area contributed by atoms with E-state index in [1.807, 2.05) is 0 Å². The summed E-state index contributed by atoms with van der Waals surface area (Å²) in [6, 6.07) is 4.00. The van der Waals surface area contributed by atoms with E-state index in [-0.39, 0.29) is 5.56 Å². The van der Waals surface area contributed by atoms with E-state index in [2.05, 4.69) is 0 Å². The van der Waals surface area contributed by atoms with Gasteiger partial charge in [0.15, 0.2) is 5.78 Å². The molecule has 2 nitrogen and oxygen atoms in total. The van der Waals surface area contributed by atoms with E-state index < -0.39 is 17.5 Å². The predicted molar refractivity (Wildman–Crippen MR) is 47.5 cm³/mol. The number of rotatable bonds is 2. The van der Waals surface area contributed by atoms with E-state index in [1.54, 1.807) is 0 Å². The van der Waals surface area contributed by atoms with Crippen molar-refractivity contribution in [1.29, 1.82) is 0 Å². The summed E-state index contributed by atoms with van der Waals surface area (Å²) in [5.41, 5.74) is -1.00. The van der Waals surface area contributed by atoms with Gasteiger partial charge in [0, 0.05) is 11.6 Å². The van der Waals surface area contributed by atoms with Gasteiger partial charge >= 0.3 is 6.18 Å². The smallest absolute Gasteiger partial charge is 0.416 e. The molecule has 1 aromatic carbocycles. The van der Waals surface area contributed by atoms with E-state index in [9.17, 15) is 18.0 Å². The number of halogens is 3. The molecule has 1 aromatic rings. The maximum absolute atomic E-state index is 12.2. The Balaban J connectivity index is 3.08. The molecular weight excluding hydrogens is 209 g/mol. The second kappa shape index (κ2) is 4.16. The number of alkyl halides is 3. The van der Waals surface area contributed by atoms with Crippen LogP contribution in [0.2, 0.25) is 0 Å². The summed E-state index contributed by atoms with van der Waals surface area (Å²) >= 11 is 0. The highest BCUT2D eigenvalue weighted by molar-refractivity contribution is 6.04. The SMILES string of the molecule is O=C(/C=C/O)c1cccc(C(F)(F)F)c1. The standard InChI is InChI=1S/C10H7F3O2/c11-10(12,13)8-3-1-2-7(6-8)9(15)4-5-14/h1-6,14H/b5-4+. The number of carbonyl (C=O) groups is 1. The molecule has 0 saturated heterocycles. The topological polar surface area (TPSA) is 37.3 Å². The molecule has 0 heterocycles. The molecule has 5 heteroatoms. The van der Waals surface area contributed by atoms with E-state index in [0.29, 0.717) is 6.26 Å². The first-order valence-electron chi connectivity index (χ1n) is 3.97. The average Bonchev–Trinajstić information content (AvgIpc) is 2.17. The quantitative estimate of drug-likeness (QED) is 0.468. The Bertz CT molecular complexity index is 394. The lowest BCUT2D eigenvalue weighted by Gasteiger charge is -2.06. The Morgan fingerprint density at radius 1 is 1.33 bits per heavy atom. The number of allylic oxidation sites excluding steroid dienone is 1. The first kappa shape index (κ1) is 11.3. The first-order chi connectivity index (χ1) is 6.95. The predicted octanol–water partition coefficient (Wildman–Crippen LogP) is 2.96. The maximum atomic E-state index is 12.2. The maximum Gasteiger partial charge on any atom is 0.416 e. The lowest BCUT2D eigenvalue weighted by molar-refractivity contribution is -0.137. The number of aliphatic hydroxyl groups is 1. The van der Waals surface area contributed by atoms with E-state index in [4.69, 9.17) is 5.11 Å². The van der Waals surface area contributed by atoms with Gasteiger partial charge in [-0.25, -0.2) is 0 Å². The van der Waals surface area contributed by atoms with Crippen LogP contribution >= 0.6 is 0 Å². The third kappa shape index (κ3) is 2.83. The summed E-state index contributed by atoms with van der Waals surface area (Å²) in [5, 5.41) is 8.30. The van der Waals surface area contributed by atoms with Crippen molar-refractivity contribution in [3.05, 3.63) is 47.7 Å². The van der Waals surface area contributed by atoms with Crippen LogP contribution in [0.25, 0.3) is 0 Å². The Morgan fingerprint density at radius 3 is 2.53 bits per heavy atom. The molecule has 0 aliphatic heterocycles. The van der Waals surface area contributed by atoms with Gasteiger partial charge in [-0.15, -0.1) is 0 Å². The van der Waals surface area contributed by atoms with E-state index in [1.165, 1.54) is 6.07 Å². The molecule has 0 atom stereocenters. The highest BCUT2D eigenvalue weighted by Crippen LogP contribution is 2.29. The van der Waals surface area contributed by atoms with Gasteiger partial charge in [0.1, 0.15) is 0 Å². The molecule has 0 amide bonds. The summed E-state index contributed by atoms with van der Waals surface area (Å²) in [4.78, 5) is 11.1. The summed E-state index contributed by atoms with van der Waals surface area (Å²) in [5.74, 6) is -0.677. The van der Waals surface area contributed by atoms with Crippen molar-refractivity contribution < 1.29 is 23.1 Å². The zero-order chi connectivity index (χ0) is 11.5. The van der Waals surface area contributed by atoms with Crippen LogP contribution in [0, 0.1) is 0 Å². The molecule has 0 spiro atoms. The minimum absolute atomic E-state index is 0.116. The van der Waals surface area contributed by atoms with Gasteiger partial charge in [0.2, 0.25) is 0 Å². The normalized spacial score (nSPS) is 11.9. The van der Waals surface area contributed by atoms with Crippen molar-refractivity contribution in [2.75, 3.05) is 0 Å². The minimum Gasteiger partial charge on any atom is -0.515 e. The molecule has 15 heavy (non-hydrogen) atoms. The molecule has 0 unspecified atom stereocenters. The summed E-state index contributed by atoms with van der Waals surface area (Å²) in [6.45, 7) is 0. The monoisotopic (exact) mass is 216 g/mol. The summed E-state index contributed by atoms with van der Waals surface area (Å²) in [6.07, 6.45) is -3.20. The molecule has 0 saturated carbocycles. The molecule has 0 fully saturated rings. The number of hydrogen-bond donors (Lipinski definition) is 1. The highest BCUT2D eigenvalue weighted by Gasteiger charge is 2.30. The third-order valence-electron chi connectivity index (χ3n) is 1.70. The van der Waals surface area contributed by atoms with Gasteiger partial charge < -0.3 is 5.11 Å². The number of ketones is 1. The Hall–Kier alpha value is -1.78. The average molecular weight is 216 g/mol. The highest BCUT2D eigenvalue weighted by atomic mass is 19.4. The second-order valence-corrected chi connectivity index (χ2v) is 2.76. The van der Waals surface area contributed by atoms with Gasteiger partial charge in [-0.05, 0) is 12.1 Å². The molecule has 80 valence electrons. The van der Waals surface area contributed by atoms with E-state index in [0.717, 1.165) is 24.3 Å². The lowest BCUT2D eigenvalue weighted by Crippen LogP contribution is -2.06. The number of aliphatic hydroxyl groups excluding tert-OH is 1. The molecule has 1 rings (SSSR count). The van der Waals surface area contributed by atoms with Crippen molar-refractivity contribution in [1.82, 2.24) is 0 Å². The van der Waals surface area contributed by atoms with Crippen LogP contribution in [-0.2, 0) is 6.18 Å². The van der Waals surface area contributed by atoms with Crippen molar-refractivity contribution >= 4 is 5.78 Å². The molecule has 1 N–H and O–H groups in total. The summed E-state index contributed by atoms with van der Waals surface area (Å²) in [7, 11) is 0. The molecular formula is C10H7F3O2. The largest absolute Gasteiger partial charge is 0.515 e. The van der Waals surface area contributed by atoms with Crippen LogP contribution in [0.4, 0.5) is 13.2 Å². The molecule has 0 aliphatic rings. The van der Waals surface area contributed by atoms with Crippen molar-refractivity contribution in [2.45, 2.75) is 6.18 Å². The van der Waals surface area contributed by atoms with Gasteiger partial charge in [0.05, 0.1) is 11.8 Å². The Kier molecular flexibility index (Phi) is 3.14. The molecule has 0 bridgehead atoms. The summed E-state index contributed by atoms with van der Waals surface area (Å²) < 4.78 is 36.7. The molecule has 0 aromatic heterocycles. The number of hydrogen-bond acceptors (Lipinski definition) is 2. The second-order valence-electron chi connectivity index (χ2n) is 2.76. The molecule has 0 radical (unpaired) electrons. The lowest BCUT2D eigenvalue weighted by atomic mass is 10.1. The third-order valence-corrected chi connectivity index (χ3v) is 1.70. The van der Waals surface area contributed by atoms with Crippen molar-refractivity contribution in [3.8, 4) is 0 Å². The van der Waals surface area contributed by atoms with Gasteiger partial charge in [-0.2, -0.15) is 13.2 Å². The van der Waals surface area contributed by atoms with E-state index >= 15 is 0 Å². The number of carbonyl (C=O) groups excluding carboxylic acids is 1. The zero-order valence-corrected chi connectivity index (χ0v) is 7.45. The zero-order valence-electron chi connectivity index (χ0n) is 7.45. The van der Waals surface area contributed by atoms with Crippen LogP contribution in [0.1, 0.15) is 15.9 Å². The van der Waals surface area contributed by atoms with Gasteiger partial charge in [0.25, 0.3) is 0 Å². The fourth-order valence-corrected chi connectivity index (χ4v) is 1.01. The number of benzene rings is 1. The van der Waals surface area contributed by atoms with Crippen LogP contribution in [0.5, 0.6) is 0 Å². The fraction of sp³-hybridized carbons (Fsp3) is 0.100. The van der Waals surface area contributed by atoms with Crippen LogP contribution < -0.4 is 0 Å².